The Kier molecular flexibility index (Phi) is 2.26. The molecule has 3 saturated heterocycles. The Bertz CT molecular complexity index is 203. The van der Waals surface area contributed by atoms with Crippen molar-refractivity contribution in [3.05, 3.63) is 0 Å². The molecule has 3 nitrogen and oxygen atoms in total. The van der Waals surface area contributed by atoms with Crippen LogP contribution in [0.15, 0.2) is 0 Å². The van der Waals surface area contributed by atoms with Crippen LogP contribution in [0.4, 0.5) is 0 Å². The highest BCUT2D eigenvalue weighted by Crippen LogP contribution is 2.35. The molecule has 80 valence electrons. The van der Waals surface area contributed by atoms with Crippen molar-refractivity contribution in [2.24, 2.45) is 0 Å². The first-order chi connectivity index (χ1) is 6.83. The summed E-state index contributed by atoms with van der Waals surface area (Å²) in [5, 5.41) is 0. The van der Waals surface area contributed by atoms with Gasteiger partial charge in [0.05, 0.1) is 19.3 Å². The van der Waals surface area contributed by atoms with Gasteiger partial charge in [-0.1, -0.05) is 0 Å². The minimum absolute atomic E-state index is 0.423. The van der Waals surface area contributed by atoms with Gasteiger partial charge < -0.3 is 14.4 Å². The molecule has 0 aliphatic carbocycles. The number of nitrogens with zero attached hydrogens (tertiary/aromatic N) is 1. The first-order valence-corrected chi connectivity index (χ1v) is 5.78. The molecule has 0 N–H and O–H groups in total. The summed E-state index contributed by atoms with van der Waals surface area (Å²) in [7, 11) is 2.27. The quantitative estimate of drug-likeness (QED) is 0.632. The summed E-state index contributed by atoms with van der Waals surface area (Å²) in [6.07, 6.45) is 6.15. The van der Waals surface area contributed by atoms with Crippen LogP contribution < -0.4 is 0 Å². The van der Waals surface area contributed by atoms with Crippen molar-refractivity contribution in [1.82, 2.24) is 4.90 Å². The number of hydrogen-bond acceptors (Lipinski definition) is 3. The Hall–Kier alpha value is -0.120. The van der Waals surface area contributed by atoms with Gasteiger partial charge in [-0.25, -0.2) is 0 Å². The molecular formula is C11H19NO2. The predicted molar refractivity (Wildman–Crippen MR) is 53.3 cm³/mol. The molecule has 0 aromatic heterocycles. The van der Waals surface area contributed by atoms with E-state index in [0.29, 0.717) is 12.2 Å². The predicted octanol–water partition coefficient (Wildman–Crippen LogP) is 1.03. The van der Waals surface area contributed by atoms with Crippen molar-refractivity contribution in [1.29, 1.82) is 0 Å². The van der Waals surface area contributed by atoms with E-state index in [0.717, 1.165) is 25.3 Å². The van der Waals surface area contributed by atoms with Crippen molar-refractivity contribution in [3.63, 3.8) is 0 Å². The number of ether oxygens (including phenoxy) is 2. The molecule has 3 rings (SSSR count). The van der Waals surface area contributed by atoms with E-state index in [9.17, 15) is 0 Å². The van der Waals surface area contributed by atoms with Gasteiger partial charge in [-0.15, -0.1) is 0 Å². The molecule has 3 aliphatic rings. The van der Waals surface area contributed by atoms with Gasteiger partial charge in [0.1, 0.15) is 6.10 Å². The molecule has 3 fully saturated rings. The molecule has 3 aliphatic heterocycles. The van der Waals surface area contributed by atoms with Crippen molar-refractivity contribution in [3.8, 4) is 0 Å². The van der Waals surface area contributed by atoms with Gasteiger partial charge in [-0.3, -0.25) is 0 Å². The largest absolute Gasteiger partial charge is 0.375 e. The van der Waals surface area contributed by atoms with Crippen LogP contribution in [0.2, 0.25) is 0 Å². The molecule has 0 aromatic rings. The standard InChI is InChI=1S/C11H19NO2/c1-12-8-2-3-9(12)5-10(4-8)13-6-11-7-14-11/h8-11H,2-7H2,1H3. The maximum atomic E-state index is 5.88. The van der Waals surface area contributed by atoms with Crippen LogP contribution in [-0.2, 0) is 9.47 Å². The maximum Gasteiger partial charge on any atom is 0.104 e. The summed E-state index contributed by atoms with van der Waals surface area (Å²) >= 11 is 0. The van der Waals surface area contributed by atoms with Crippen molar-refractivity contribution >= 4 is 0 Å². The molecular weight excluding hydrogens is 178 g/mol. The Balaban J connectivity index is 1.51. The molecule has 0 saturated carbocycles. The second kappa shape index (κ2) is 3.47. The van der Waals surface area contributed by atoms with E-state index < -0.39 is 0 Å². The minimum atomic E-state index is 0.423. The third kappa shape index (κ3) is 1.69. The molecule has 0 radical (unpaired) electrons. The van der Waals surface area contributed by atoms with Gasteiger partial charge in [0.15, 0.2) is 0 Å². The Morgan fingerprint density at radius 1 is 1.29 bits per heavy atom. The third-order valence-electron chi connectivity index (χ3n) is 3.98. The first-order valence-electron chi connectivity index (χ1n) is 5.78. The monoisotopic (exact) mass is 197 g/mol. The zero-order valence-electron chi connectivity index (χ0n) is 8.82. The van der Waals surface area contributed by atoms with E-state index in [1.165, 1.54) is 25.7 Å². The molecule has 14 heavy (non-hydrogen) atoms. The molecule has 0 amide bonds. The molecule has 2 bridgehead atoms. The van der Waals surface area contributed by atoms with E-state index in [1.807, 2.05) is 0 Å². The topological polar surface area (TPSA) is 25.0 Å². The van der Waals surface area contributed by atoms with Crippen molar-refractivity contribution in [2.45, 2.75) is 50.0 Å². The normalized spacial score (nSPS) is 46.9. The van der Waals surface area contributed by atoms with Gasteiger partial charge in [-0.2, -0.15) is 0 Å². The number of piperidine rings is 1. The molecule has 0 aromatic carbocycles. The lowest BCUT2D eigenvalue weighted by Gasteiger charge is -2.36. The average molecular weight is 197 g/mol. The maximum absolute atomic E-state index is 5.88. The fourth-order valence-electron chi connectivity index (χ4n) is 2.91. The lowest BCUT2D eigenvalue weighted by Crippen LogP contribution is -2.43. The second-order valence-corrected chi connectivity index (χ2v) is 4.93. The van der Waals surface area contributed by atoms with Crippen LogP contribution in [0.5, 0.6) is 0 Å². The smallest absolute Gasteiger partial charge is 0.104 e. The third-order valence-corrected chi connectivity index (χ3v) is 3.98. The highest BCUT2D eigenvalue weighted by molar-refractivity contribution is 4.94. The van der Waals surface area contributed by atoms with E-state index in [-0.39, 0.29) is 0 Å². The summed E-state index contributed by atoms with van der Waals surface area (Å²) in [6.45, 7) is 1.74. The number of fused-ring (bicyclic) bond motifs is 2. The zero-order chi connectivity index (χ0) is 9.54. The summed E-state index contributed by atoms with van der Waals surface area (Å²) in [5.74, 6) is 0. The van der Waals surface area contributed by atoms with Gasteiger partial charge in [0.25, 0.3) is 0 Å². The number of hydrogen-bond donors (Lipinski definition) is 0. The number of epoxide rings is 1. The SMILES string of the molecule is CN1C2CCC1CC(OCC1CO1)C2. The van der Waals surface area contributed by atoms with Gasteiger partial charge in [0, 0.05) is 12.1 Å². The van der Waals surface area contributed by atoms with Crippen LogP contribution in [0.3, 0.4) is 0 Å². The lowest BCUT2D eigenvalue weighted by molar-refractivity contribution is -0.0175. The van der Waals surface area contributed by atoms with Gasteiger partial charge in [-0.05, 0) is 32.7 Å². The summed E-state index contributed by atoms with van der Waals surface area (Å²) in [4.78, 5) is 2.55. The second-order valence-electron chi connectivity index (χ2n) is 4.93. The van der Waals surface area contributed by atoms with Crippen molar-refractivity contribution in [2.75, 3.05) is 20.3 Å². The lowest BCUT2D eigenvalue weighted by atomic mass is 10.0. The Morgan fingerprint density at radius 2 is 1.93 bits per heavy atom. The highest BCUT2D eigenvalue weighted by Gasteiger charge is 2.39. The van der Waals surface area contributed by atoms with Gasteiger partial charge in [0.2, 0.25) is 0 Å². The summed E-state index contributed by atoms with van der Waals surface area (Å²) in [6, 6.07) is 1.58. The van der Waals surface area contributed by atoms with Crippen LogP contribution >= 0.6 is 0 Å². The molecule has 0 spiro atoms. The van der Waals surface area contributed by atoms with Crippen LogP contribution in [0, 0.1) is 0 Å². The van der Waals surface area contributed by atoms with Crippen LogP contribution in [0.1, 0.15) is 25.7 Å². The molecule has 3 heterocycles. The minimum Gasteiger partial charge on any atom is -0.375 e. The Morgan fingerprint density at radius 3 is 2.50 bits per heavy atom. The van der Waals surface area contributed by atoms with Crippen LogP contribution in [0.25, 0.3) is 0 Å². The fourth-order valence-corrected chi connectivity index (χ4v) is 2.91. The fraction of sp³-hybridized carbons (Fsp3) is 1.00. The number of rotatable bonds is 3. The van der Waals surface area contributed by atoms with Crippen molar-refractivity contribution < 1.29 is 9.47 Å². The van der Waals surface area contributed by atoms with E-state index >= 15 is 0 Å². The van der Waals surface area contributed by atoms with E-state index in [4.69, 9.17) is 9.47 Å². The molecule has 3 unspecified atom stereocenters. The first kappa shape index (κ1) is 9.13. The summed E-state index contributed by atoms with van der Waals surface area (Å²) < 4.78 is 11.0. The highest BCUT2D eigenvalue weighted by atomic mass is 16.6. The zero-order valence-corrected chi connectivity index (χ0v) is 8.82. The average Bonchev–Trinajstić information content (AvgIpc) is 2.97. The summed E-state index contributed by atoms with van der Waals surface area (Å²) in [5.41, 5.74) is 0. The Labute approximate surface area is 85.4 Å². The van der Waals surface area contributed by atoms with E-state index in [2.05, 4.69) is 11.9 Å². The molecule has 3 heteroatoms. The van der Waals surface area contributed by atoms with Gasteiger partial charge >= 0.3 is 0 Å². The van der Waals surface area contributed by atoms with Crippen LogP contribution in [-0.4, -0.2) is 49.5 Å². The molecule has 3 atom stereocenters. The van der Waals surface area contributed by atoms with E-state index in [1.54, 1.807) is 0 Å².